The molecule has 0 aromatic carbocycles. The molecule has 2 aliphatic rings. The van der Waals surface area contributed by atoms with Crippen molar-refractivity contribution in [3.63, 3.8) is 0 Å². The van der Waals surface area contributed by atoms with E-state index in [1.165, 1.54) is 25.7 Å². The maximum Gasteiger partial charge on any atom is 0.268 e. The minimum absolute atomic E-state index is 0.00988. The van der Waals surface area contributed by atoms with Crippen molar-refractivity contribution in [1.29, 1.82) is 0 Å². The lowest BCUT2D eigenvalue weighted by atomic mass is 9.84. The van der Waals surface area contributed by atoms with E-state index in [0.717, 1.165) is 11.8 Å². The summed E-state index contributed by atoms with van der Waals surface area (Å²) in [7, 11) is 0. The molecule has 0 saturated heterocycles. The Morgan fingerprint density at radius 1 is 1.33 bits per heavy atom. The Hall–Kier alpha value is -1.45. The fourth-order valence-corrected chi connectivity index (χ4v) is 4.40. The second-order valence-corrected chi connectivity index (χ2v) is 7.26. The lowest BCUT2D eigenvalue weighted by Crippen LogP contribution is -2.40. The molecular formula is C17H27N3O. The van der Waals surface area contributed by atoms with Gasteiger partial charge in [-0.25, -0.2) is 0 Å². The third-order valence-corrected chi connectivity index (χ3v) is 5.45. The molecule has 4 unspecified atom stereocenters. The smallest absolute Gasteiger partial charge is 0.268 e. The van der Waals surface area contributed by atoms with Crippen LogP contribution in [0, 0.1) is 17.8 Å². The van der Waals surface area contributed by atoms with Crippen molar-refractivity contribution in [2.75, 3.05) is 5.73 Å². The molecule has 0 aliphatic heterocycles. The van der Waals surface area contributed by atoms with Crippen molar-refractivity contribution < 1.29 is 4.79 Å². The van der Waals surface area contributed by atoms with Crippen molar-refractivity contribution in [2.24, 2.45) is 17.8 Å². The molecule has 1 heterocycles. The van der Waals surface area contributed by atoms with E-state index in [9.17, 15) is 4.79 Å². The Morgan fingerprint density at radius 2 is 2.10 bits per heavy atom. The van der Waals surface area contributed by atoms with Gasteiger partial charge in [0.25, 0.3) is 5.91 Å². The van der Waals surface area contributed by atoms with Crippen molar-refractivity contribution in [3.8, 4) is 0 Å². The van der Waals surface area contributed by atoms with Gasteiger partial charge in [-0.1, -0.05) is 6.42 Å². The number of amides is 1. The van der Waals surface area contributed by atoms with Gasteiger partial charge in [-0.15, -0.1) is 0 Å². The number of nitrogens with two attached hydrogens (primary N) is 1. The van der Waals surface area contributed by atoms with Gasteiger partial charge in [0.1, 0.15) is 5.69 Å². The largest absolute Gasteiger partial charge is 0.397 e. The van der Waals surface area contributed by atoms with Gasteiger partial charge in [0.2, 0.25) is 0 Å². The molecule has 21 heavy (non-hydrogen) atoms. The van der Waals surface area contributed by atoms with Crippen LogP contribution in [0.5, 0.6) is 0 Å². The normalized spacial score (nSPS) is 29.0. The van der Waals surface area contributed by atoms with E-state index in [0.29, 0.717) is 17.3 Å². The number of nitrogens with zero attached hydrogens (tertiary/aromatic N) is 1. The molecule has 2 fully saturated rings. The Morgan fingerprint density at radius 3 is 2.67 bits per heavy atom. The van der Waals surface area contributed by atoms with Gasteiger partial charge in [-0.2, -0.15) is 0 Å². The summed E-state index contributed by atoms with van der Waals surface area (Å²) in [6.07, 6.45) is 7.26. The summed E-state index contributed by atoms with van der Waals surface area (Å²) in [5.74, 6) is 2.41. The number of rotatable bonds is 4. The maximum absolute atomic E-state index is 12.6. The van der Waals surface area contributed by atoms with E-state index in [1.807, 2.05) is 10.8 Å². The van der Waals surface area contributed by atoms with Crippen molar-refractivity contribution in [3.05, 3.63) is 18.0 Å². The van der Waals surface area contributed by atoms with Crippen LogP contribution in [0.4, 0.5) is 5.69 Å². The van der Waals surface area contributed by atoms with Crippen LogP contribution in [-0.4, -0.2) is 16.5 Å². The molecule has 0 spiro atoms. The van der Waals surface area contributed by atoms with Crippen LogP contribution in [0.1, 0.15) is 63.0 Å². The number of hydrogen-bond acceptors (Lipinski definition) is 2. The molecule has 4 heteroatoms. The maximum atomic E-state index is 12.6. The summed E-state index contributed by atoms with van der Waals surface area (Å²) in [4.78, 5) is 12.6. The fourth-order valence-electron chi connectivity index (χ4n) is 4.40. The summed E-state index contributed by atoms with van der Waals surface area (Å²) in [5.41, 5.74) is 7.19. The summed E-state index contributed by atoms with van der Waals surface area (Å²) >= 11 is 0. The molecule has 116 valence electrons. The van der Waals surface area contributed by atoms with Crippen LogP contribution in [0.15, 0.2) is 12.3 Å². The second-order valence-electron chi connectivity index (χ2n) is 7.26. The van der Waals surface area contributed by atoms with Gasteiger partial charge >= 0.3 is 0 Å². The molecule has 4 atom stereocenters. The highest BCUT2D eigenvalue weighted by Gasteiger charge is 2.42. The highest BCUT2D eigenvalue weighted by Crippen LogP contribution is 2.49. The number of carbonyl (C=O) groups excluding carboxylic acids is 1. The van der Waals surface area contributed by atoms with Gasteiger partial charge < -0.3 is 15.6 Å². The Bertz CT molecular complexity index is 534. The number of nitrogen functional groups attached to an aromatic ring is 1. The number of fused-ring (bicyclic) bond motifs is 2. The third-order valence-electron chi connectivity index (χ3n) is 5.45. The van der Waals surface area contributed by atoms with Gasteiger partial charge in [-0.3, -0.25) is 4.79 Å². The number of hydrogen-bond donors (Lipinski definition) is 2. The van der Waals surface area contributed by atoms with Crippen LogP contribution < -0.4 is 11.1 Å². The highest BCUT2D eigenvalue weighted by atomic mass is 16.2. The Kier molecular flexibility index (Phi) is 3.72. The average Bonchev–Trinajstić information content (AvgIpc) is 3.12. The van der Waals surface area contributed by atoms with E-state index in [-0.39, 0.29) is 18.0 Å². The van der Waals surface area contributed by atoms with Crippen LogP contribution >= 0.6 is 0 Å². The lowest BCUT2D eigenvalue weighted by Gasteiger charge is -2.28. The predicted octanol–water partition coefficient (Wildman–Crippen LogP) is 3.21. The minimum Gasteiger partial charge on any atom is -0.397 e. The van der Waals surface area contributed by atoms with E-state index in [2.05, 4.69) is 26.1 Å². The van der Waals surface area contributed by atoms with Crippen LogP contribution in [0.3, 0.4) is 0 Å². The molecule has 4 nitrogen and oxygen atoms in total. The number of aromatic nitrogens is 1. The Balaban J connectivity index is 1.69. The zero-order valence-electron chi connectivity index (χ0n) is 13.3. The average molecular weight is 289 g/mol. The molecule has 2 bridgehead atoms. The minimum atomic E-state index is 0.00988. The first-order valence-electron chi connectivity index (χ1n) is 8.24. The summed E-state index contributed by atoms with van der Waals surface area (Å²) in [5, 5.41) is 3.22. The van der Waals surface area contributed by atoms with Crippen LogP contribution in [0.2, 0.25) is 0 Å². The quantitative estimate of drug-likeness (QED) is 0.894. The number of anilines is 1. The number of carbonyl (C=O) groups is 1. The van der Waals surface area contributed by atoms with E-state index >= 15 is 0 Å². The molecule has 3 N–H and O–H groups in total. The fraction of sp³-hybridized carbons (Fsp3) is 0.706. The van der Waals surface area contributed by atoms with E-state index in [4.69, 9.17) is 5.73 Å². The zero-order valence-corrected chi connectivity index (χ0v) is 13.3. The summed E-state index contributed by atoms with van der Waals surface area (Å²) < 4.78 is 1.96. The zero-order chi connectivity index (χ0) is 15.1. The topological polar surface area (TPSA) is 60.1 Å². The first-order valence-corrected chi connectivity index (χ1v) is 8.24. The molecule has 0 radical (unpaired) electrons. The first-order chi connectivity index (χ1) is 9.95. The van der Waals surface area contributed by atoms with Crippen molar-refractivity contribution in [1.82, 2.24) is 9.88 Å². The molecule has 1 aromatic heterocycles. The number of nitrogens with one attached hydrogen (secondary N) is 1. The summed E-state index contributed by atoms with van der Waals surface area (Å²) in [6, 6.07) is 2.27. The van der Waals surface area contributed by atoms with Crippen molar-refractivity contribution >= 4 is 11.6 Å². The van der Waals surface area contributed by atoms with Crippen LogP contribution in [-0.2, 0) is 0 Å². The van der Waals surface area contributed by atoms with Gasteiger partial charge in [0, 0.05) is 18.3 Å². The van der Waals surface area contributed by atoms with Crippen LogP contribution in [0.25, 0.3) is 0 Å². The van der Waals surface area contributed by atoms with Gasteiger partial charge in [-0.05, 0) is 63.9 Å². The molecule has 1 amide bonds. The van der Waals surface area contributed by atoms with Gasteiger partial charge in [0.05, 0.1) is 5.69 Å². The highest BCUT2D eigenvalue weighted by molar-refractivity contribution is 5.94. The SMILES string of the molecule is CC(NC(=O)c1cc(N)cn1C(C)C)C1CC2CCC1C2. The van der Waals surface area contributed by atoms with Gasteiger partial charge in [0.15, 0.2) is 0 Å². The van der Waals surface area contributed by atoms with E-state index < -0.39 is 0 Å². The lowest BCUT2D eigenvalue weighted by molar-refractivity contribution is 0.0904. The first kappa shape index (κ1) is 14.5. The standard InChI is InChI=1S/C17H27N3O/c1-10(2)20-9-14(18)8-16(20)17(21)19-11(3)15-7-12-4-5-13(15)6-12/h8-13,15H,4-7,18H2,1-3H3,(H,19,21). The molecular weight excluding hydrogens is 262 g/mol. The summed E-state index contributed by atoms with van der Waals surface area (Å²) in [6.45, 7) is 6.29. The third kappa shape index (κ3) is 2.68. The van der Waals surface area contributed by atoms with E-state index in [1.54, 1.807) is 6.07 Å². The molecule has 2 aliphatic carbocycles. The molecule has 2 saturated carbocycles. The predicted molar refractivity (Wildman–Crippen MR) is 85.1 cm³/mol. The second kappa shape index (κ2) is 5.39. The monoisotopic (exact) mass is 289 g/mol. The molecule has 3 rings (SSSR count). The molecule has 1 aromatic rings. The van der Waals surface area contributed by atoms with Crippen molar-refractivity contribution in [2.45, 2.75) is 58.5 Å². The Labute approximate surface area is 127 Å².